The third-order valence-corrected chi connectivity index (χ3v) is 4.66. The highest BCUT2D eigenvalue weighted by molar-refractivity contribution is 5.93. The zero-order chi connectivity index (χ0) is 18.5. The predicted octanol–water partition coefficient (Wildman–Crippen LogP) is 3.53. The molecule has 0 aliphatic heterocycles. The summed E-state index contributed by atoms with van der Waals surface area (Å²) in [4.78, 5) is 21.0. The maximum atomic E-state index is 12.9. The molecule has 1 fully saturated rings. The van der Waals surface area contributed by atoms with E-state index in [-0.39, 0.29) is 17.9 Å². The maximum absolute atomic E-state index is 12.9. The fourth-order valence-corrected chi connectivity index (χ4v) is 3.51. The lowest BCUT2D eigenvalue weighted by Crippen LogP contribution is -2.27. The van der Waals surface area contributed by atoms with Crippen LogP contribution in [0.1, 0.15) is 52.0 Å². The Kier molecular flexibility index (Phi) is 5.75. The van der Waals surface area contributed by atoms with Gasteiger partial charge in [0.05, 0.1) is 18.5 Å². The molecule has 140 valence electrons. The summed E-state index contributed by atoms with van der Waals surface area (Å²) < 4.78 is 7.26. The first kappa shape index (κ1) is 18.2. The standard InChI is InChI=1S/C19H26N4O3/c1-13(2)26-15-10-18(24)23(12-15)16(9-14-5-3-4-6-14)19(25)22-17-11-20-7-8-21-17/h7-8,10-14,16,24H,3-6,9H2,1-2H3,(H,21,22,25)/t16-/m0/s1. The summed E-state index contributed by atoms with van der Waals surface area (Å²) in [5, 5.41) is 13.2. The van der Waals surface area contributed by atoms with Gasteiger partial charge in [0.15, 0.2) is 11.7 Å². The third kappa shape index (κ3) is 4.53. The number of hydrogen-bond acceptors (Lipinski definition) is 5. The Labute approximate surface area is 153 Å². The minimum atomic E-state index is -0.524. The number of aromatic nitrogens is 3. The molecular weight excluding hydrogens is 332 g/mol. The van der Waals surface area contributed by atoms with Crippen LogP contribution in [0.15, 0.2) is 30.9 Å². The van der Waals surface area contributed by atoms with E-state index in [0.717, 1.165) is 12.8 Å². The van der Waals surface area contributed by atoms with E-state index < -0.39 is 6.04 Å². The van der Waals surface area contributed by atoms with E-state index in [2.05, 4.69) is 15.3 Å². The summed E-state index contributed by atoms with van der Waals surface area (Å²) in [6.07, 6.45) is 11.6. The number of rotatable bonds is 7. The fourth-order valence-electron chi connectivity index (χ4n) is 3.51. The number of carbonyl (C=O) groups excluding carboxylic acids is 1. The highest BCUT2D eigenvalue weighted by atomic mass is 16.5. The number of aromatic hydroxyl groups is 1. The molecule has 26 heavy (non-hydrogen) atoms. The molecule has 1 aliphatic carbocycles. The molecule has 0 radical (unpaired) electrons. The van der Waals surface area contributed by atoms with Gasteiger partial charge in [-0.1, -0.05) is 25.7 Å². The molecule has 0 saturated heterocycles. The van der Waals surface area contributed by atoms with Crippen molar-refractivity contribution < 1.29 is 14.6 Å². The van der Waals surface area contributed by atoms with Crippen LogP contribution in [0.3, 0.4) is 0 Å². The van der Waals surface area contributed by atoms with E-state index in [9.17, 15) is 9.90 Å². The molecule has 7 nitrogen and oxygen atoms in total. The minimum Gasteiger partial charge on any atom is -0.494 e. The summed E-state index contributed by atoms with van der Waals surface area (Å²) in [7, 11) is 0. The fraction of sp³-hybridized carbons (Fsp3) is 0.526. The van der Waals surface area contributed by atoms with Crippen molar-refractivity contribution in [2.24, 2.45) is 5.92 Å². The minimum absolute atomic E-state index is 0.00745. The van der Waals surface area contributed by atoms with E-state index in [1.54, 1.807) is 23.0 Å². The molecule has 7 heteroatoms. The first-order valence-electron chi connectivity index (χ1n) is 9.17. The molecule has 0 aromatic carbocycles. The summed E-state index contributed by atoms with van der Waals surface area (Å²) in [5.41, 5.74) is 0. The van der Waals surface area contributed by atoms with Crippen LogP contribution >= 0.6 is 0 Å². The lowest BCUT2D eigenvalue weighted by atomic mass is 9.97. The van der Waals surface area contributed by atoms with Crippen molar-refractivity contribution in [2.45, 2.75) is 58.1 Å². The summed E-state index contributed by atoms with van der Waals surface area (Å²) in [6, 6.07) is 1.03. The van der Waals surface area contributed by atoms with Crippen LogP contribution in [0.25, 0.3) is 0 Å². The van der Waals surface area contributed by atoms with Crippen LogP contribution < -0.4 is 10.1 Å². The Morgan fingerprint density at radius 1 is 1.38 bits per heavy atom. The topological polar surface area (TPSA) is 89.3 Å². The molecule has 2 N–H and O–H groups in total. The van der Waals surface area contributed by atoms with E-state index in [1.807, 2.05) is 13.8 Å². The van der Waals surface area contributed by atoms with Crippen molar-refractivity contribution in [1.82, 2.24) is 14.5 Å². The zero-order valence-corrected chi connectivity index (χ0v) is 15.3. The lowest BCUT2D eigenvalue weighted by Gasteiger charge is -2.22. The normalized spacial score (nSPS) is 16.0. The molecule has 1 atom stereocenters. The second-order valence-electron chi connectivity index (χ2n) is 7.09. The second kappa shape index (κ2) is 8.21. The molecule has 0 bridgehead atoms. The van der Waals surface area contributed by atoms with E-state index in [4.69, 9.17) is 4.74 Å². The van der Waals surface area contributed by atoms with Gasteiger partial charge in [-0.15, -0.1) is 0 Å². The van der Waals surface area contributed by atoms with Gasteiger partial charge in [0.2, 0.25) is 5.91 Å². The Hall–Kier alpha value is -2.57. The van der Waals surface area contributed by atoms with Gasteiger partial charge in [0.1, 0.15) is 11.8 Å². The average molecular weight is 358 g/mol. The third-order valence-electron chi connectivity index (χ3n) is 4.66. The summed E-state index contributed by atoms with van der Waals surface area (Å²) >= 11 is 0. The number of hydrogen-bond donors (Lipinski definition) is 2. The molecular formula is C19H26N4O3. The smallest absolute Gasteiger partial charge is 0.248 e. The molecule has 3 rings (SSSR count). The number of anilines is 1. The summed E-state index contributed by atoms with van der Waals surface area (Å²) in [6.45, 7) is 3.84. The van der Waals surface area contributed by atoms with Crippen LogP contribution in [0, 0.1) is 5.92 Å². The van der Waals surface area contributed by atoms with Gasteiger partial charge in [0.25, 0.3) is 0 Å². The maximum Gasteiger partial charge on any atom is 0.248 e. The molecule has 0 spiro atoms. The molecule has 1 aliphatic rings. The van der Waals surface area contributed by atoms with Gasteiger partial charge in [-0.25, -0.2) is 4.98 Å². The van der Waals surface area contributed by atoms with Crippen LogP contribution in [-0.4, -0.2) is 31.7 Å². The number of carbonyl (C=O) groups is 1. The Morgan fingerprint density at radius 2 is 2.15 bits per heavy atom. The van der Waals surface area contributed by atoms with Gasteiger partial charge >= 0.3 is 0 Å². The SMILES string of the molecule is CC(C)Oc1cc(O)n([C@@H](CC2CCCC2)C(=O)Nc2cnccn2)c1. The number of nitrogens with one attached hydrogen (secondary N) is 1. The van der Waals surface area contributed by atoms with E-state index in [1.165, 1.54) is 25.2 Å². The van der Waals surface area contributed by atoms with Crippen molar-refractivity contribution in [3.05, 3.63) is 30.9 Å². The van der Waals surface area contributed by atoms with Crippen molar-refractivity contribution in [3.63, 3.8) is 0 Å². The van der Waals surface area contributed by atoms with Crippen molar-refractivity contribution in [3.8, 4) is 11.6 Å². The van der Waals surface area contributed by atoms with Gasteiger partial charge < -0.3 is 19.7 Å². The molecule has 1 saturated carbocycles. The van der Waals surface area contributed by atoms with E-state index >= 15 is 0 Å². The first-order chi connectivity index (χ1) is 12.5. The molecule has 2 aromatic heterocycles. The largest absolute Gasteiger partial charge is 0.494 e. The zero-order valence-electron chi connectivity index (χ0n) is 15.3. The van der Waals surface area contributed by atoms with Gasteiger partial charge in [-0.2, -0.15) is 0 Å². The van der Waals surface area contributed by atoms with Gasteiger partial charge in [-0.3, -0.25) is 9.78 Å². The van der Waals surface area contributed by atoms with Crippen molar-refractivity contribution in [1.29, 1.82) is 0 Å². The van der Waals surface area contributed by atoms with Crippen molar-refractivity contribution >= 4 is 11.7 Å². The van der Waals surface area contributed by atoms with E-state index in [0.29, 0.717) is 23.9 Å². The Balaban J connectivity index is 1.82. The van der Waals surface area contributed by atoms with Crippen LogP contribution in [-0.2, 0) is 4.79 Å². The highest BCUT2D eigenvalue weighted by Crippen LogP contribution is 2.36. The Bertz CT molecular complexity index is 724. The molecule has 2 aromatic rings. The highest BCUT2D eigenvalue weighted by Gasteiger charge is 2.29. The first-order valence-corrected chi connectivity index (χ1v) is 9.17. The van der Waals surface area contributed by atoms with Crippen molar-refractivity contribution in [2.75, 3.05) is 5.32 Å². The van der Waals surface area contributed by atoms with Gasteiger partial charge in [0, 0.05) is 18.5 Å². The van der Waals surface area contributed by atoms with Crippen LogP contribution in [0.4, 0.5) is 5.82 Å². The number of ether oxygens (including phenoxy) is 1. The quantitative estimate of drug-likeness (QED) is 0.790. The van der Waals surface area contributed by atoms with Gasteiger partial charge in [-0.05, 0) is 26.2 Å². The lowest BCUT2D eigenvalue weighted by molar-refractivity contribution is -0.119. The second-order valence-corrected chi connectivity index (χ2v) is 7.09. The summed E-state index contributed by atoms with van der Waals surface area (Å²) in [5.74, 6) is 1.25. The molecule has 1 amide bonds. The predicted molar refractivity (Wildman–Crippen MR) is 98.1 cm³/mol. The van der Waals surface area contributed by atoms with Crippen LogP contribution in [0.5, 0.6) is 11.6 Å². The average Bonchev–Trinajstić information content (AvgIpc) is 3.22. The molecule has 0 unspecified atom stereocenters. The number of nitrogens with zero attached hydrogens (tertiary/aromatic N) is 3. The monoisotopic (exact) mass is 358 g/mol. The van der Waals surface area contributed by atoms with Crippen LogP contribution in [0.2, 0.25) is 0 Å². The number of amides is 1. The Morgan fingerprint density at radius 3 is 2.81 bits per heavy atom. The molecule has 2 heterocycles.